The minimum atomic E-state index is -0.410. The predicted octanol–water partition coefficient (Wildman–Crippen LogP) is 3.44. The molecule has 3 aromatic rings. The van der Waals surface area contributed by atoms with Crippen LogP contribution < -0.4 is 10.6 Å². The van der Waals surface area contributed by atoms with Gasteiger partial charge in [0, 0.05) is 34.8 Å². The Morgan fingerprint density at radius 1 is 0.700 bits per heavy atom. The highest BCUT2D eigenvalue weighted by molar-refractivity contribution is 6.30. The quantitative estimate of drug-likeness (QED) is 0.401. The maximum Gasteiger partial charge on any atom is 0.252 e. The van der Waals surface area contributed by atoms with E-state index in [1.54, 1.807) is 48.5 Å². The number of carbonyl (C=O) groups excluding carboxylic acids is 3. The van der Waals surface area contributed by atoms with E-state index in [9.17, 15) is 19.5 Å². The van der Waals surface area contributed by atoms with E-state index in [0.717, 1.165) is 0 Å². The molecule has 0 aromatic heterocycles. The molecule has 0 bridgehead atoms. The molecule has 0 saturated heterocycles. The fourth-order valence-electron chi connectivity index (χ4n) is 2.80. The summed E-state index contributed by atoms with van der Waals surface area (Å²) < 4.78 is 0. The van der Waals surface area contributed by atoms with Gasteiger partial charge in [-0.25, -0.2) is 0 Å². The first-order valence-corrected chi connectivity index (χ1v) is 9.58. The molecule has 0 atom stereocenters. The second kappa shape index (κ2) is 9.71. The van der Waals surface area contributed by atoms with E-state index in [-0.39, 0.29) is 41.7 Å². The molecular weight excluding hydrogens is 404 g/mol. The van der Waals surface area contributed by atoms with Crippen molar-refractivity contribution in [2.24, 2.45) is 0 Å². The average molecular weight is 423 g/mol. The Labute approximate surface area is 178 Å². The molecule has 0 radical (unpaired) electrons. The van der Waals surface area contributed by atoms with Gasteiger partial charge in [-0.05, 0) is 54.6 Å². The van der Waals surface area contributed by atoms with Crippen molar-refractivity contribution < 1.29 is 19.5 Å². The van der Waals surface area contributed by atoms with Crippen molar-refractivity contribution in [3.8, 4) is 5.75 Å². The van der Waals surface area contributed by atoms with Crippen LogP contribution in [-0.2, 0) is 0 Å². The minimum absolute atomic E-state index is 0.0747. The molecule has 6 nitrogen and oxygen atoms in total. The Kier molecular flexibility index (Phi) is 6.83. The highest BCUT2D eigenvalue weighted by Gasteiger charge is 2.17. The average Bonchev–Trinajstić information content (AvgIpc) is 2.77. The van der Waals surface area contributed by atoms with Gasteiger partial charge in [0.15, 0.2) is 5.78 Å². The van der Waals surface area contributed by atoms with Crippen molar-refractivity contribution in [1.82, 2.24) is 10.6 Å². The Hall–Kier alpha value is -3.64. The first-order valence-electron chi connectivity index (χ1n) is 9.20. The molecule has 3 aromatic carbocycles. The second-order valence-corrected chi connectivity index (χ2v) is 6.88. The summed E-state index contributed by atoms with van der Waals surface area (Å²) in [6.07, 6.45) is 0. The van der Waals surface area contributed by atoms with Gasteiger partial charge < -0.3 is 15.7 Å². The standard InChI is InChI=1S/C23H19ClN2O4/c24-17-9-5-15(6-10-17)21(28)19-3-1-2-4-20(19)23(30)26-14-13-25-22(29)16-7-11-18(27)12-8-16/h1-12,27H,13-14H2,(H,25,29)(H,26,30). The van der Waals surface area contributed by atoms with Crippen molar-refractivity contribution in [2.45, 2.75) is 0 Å². The number of benzene rings is 3. The Bertz CT molecular complexity index is 1060. The summed E-state index contributed by atoms with van der Waals surface area (Å²) in [5, 5.41) is 15.2. The van der Waals surface area contributed by atoms with Gasteiger partial charge >= 0.3 is 0 Å². The summed E-state index contributed by atoms with van der Waals surface area (Å²) in [5.41, 5.74) is 1.37. The number of carbonyl (C=O) groups is 3. The van der Waals surface area contributed by atoms with Crippen LogP contribution in [0.25, 0.3) is 0 Å². The fourth-order valence-corrected chi connectivity index (χ4v) is 2.92. The van der Waals surface area contributed by atoms with Crippen LogP contribution in [0, 0.1) is 0 Å². The SMILES string of the molecule is O=C(NCCNC(=O)c1ccccc1C(=O)c1ccc(Cl)cc1)c1ccc(O)cc1. The van der Waals surface area contributed by atoms with E-state index >= 15 is 0 Å². The monoisotopic (exact) mass is 422 g/mol. The maximum atomic E-state index is 12.8. The highest BCUT2D eigenvalue weighted by Crippen LogP contribution is 2.17. The van der Waals surface area contributed by atoms with Gasteiger partial charge in [-0.1, -0.05) is 29.8 Å². The maximum absolute atomic E-state index is 12.8. The molecule has 0 saturated carbocycles. The molecule has 0 aliphatic carbocycles. The van der Waals surface area contributed by atoms with Crippen molar-refractivity contribution in [3.63, 3.8) is 0 Å². The van der Waals surface area contributed by atoms with Gasteiger partial charge in [0.05, 0.1) is 5.56 Å². The largest absolute Gasteiger partial charge is 0.508 e. The van der Waals surface area contributed by atoms with Gasteiger partial charge in [0.25, 0.3) is 11.8 Å². The summed E-state index contributed by atoms with van der Waals surface area (Å²) >= 11 is 5.87. The summed E-state index contributed by atoms with van der Waals surface area (Å²) in [4.78, 5) is 37.4. The van der Waals surface area contributed by atoms with Gasteiger partial charge in [-0.3, -0.25) is 14.4 Å². The first kappa shape index (κ1) is 21.1. The van der Waals surface area contributed by atoms with Crippen LogP contribution in [0.1, 0.15) is 36.6 Å². The highest BCUT2D eigenvalue weighted by atomic mass is 35.5. The van der Waals surface area contributed by atoms with Gasteiger partial charge in [0.1, 0.15) is 5.75 Å². The van der Waals surface area contributed by atoms with Crippen LogP contribution in [0.15, 0.2) is 72.8 Å². The molecule has 3 N–H and O–H groups in total. The molecule has 0 fully saturated rings. The zero-order valence-corrected chi connectivity index (χ0v) is 16.6. The van der Waals surface area contributed by atoms with E-state index in [4.69, 9.17) is 11.6 Å². The summed E-state index contributed by atoms with van der Waals surface area (Å²) in [6.45, 7) is 0.394. The van der Waals surface area contributed by atoms with E-state index in [1.165, 1.54) is 24.3 Å². The molecule has 0 heterocycles. The molecule has 2 amide bonds. The number of aromatic hydroxyl groups is 1. The number of phenols is 1. The van der Waals surface area contributed by atoms with Gasteiger partial charge in [-0.15, -0.1) is 0 Å². The molecular formula is C23H19ClN2O4. The van der Waals surface area contributed by atoms with Gasteiger partial charge in [0.2, 0.25) is 0 Å². The Morgan fingerprint density at radius 2 is 1.23 bits per heavy atom. The minimum Gasteiger partial charge on any atom is -0.508 e. The number of halogens is 1. The molecule has 0 aliphatic heterocycles. The lowest BCUT2D eigenvalue weighted by atomic mass is 9.98. The van der Waals surface area contributed by atoms with Crippen molar-refractivity contribution in [1.29, 1.82) is 0 Å². The van der Waals surface area contributed by atoms with Crippen LogP contribution in [0.2, 0.25) is 5.02 Å². The van der Waals surface area contributed by atoms with Crippen molar-refractivity contribution in [3.05, 3.63) is 100 Å². The third-order valence-electron chi connectivity index (χ3n) is 4.35. The van der Waals surface area contributed by atoms with E-state index in [1.807, 2.05) is 0 Å². The predicted molar refractivity (Wildman–Crippen MR) is 114 cm³/mol. The lowest BCUT2D eigenvalue weighted by Gasteiger charge is -2.10. The number of hydrogen-bond donors (Lipinski definition) is 3. The third-order valence-corrected chi connectivity index (χ3v) is 4.60. The third kappa shape index (κ3) is 5.24. The van der Waals surface area contributed by atoms with E-state index in [2.05, 4.69) is 10.6 Å². The van der Waals surface area contributed by atoms with Crippen molar-refractivity contribution >= 4 is 29.2 Å². The topological polar surface area (TPSA) is 95.5 Å². The molecule has 7 heteroatoms. The van der Waals surface area contributed by atoms with Crippen LogP contribution in [0.5, 0.6) is 5.75 Å². The van der Waals surface area contributed by atoms with Crippen LogP contribution >= 0.6 is 11.6 Å². The lowest BCUT2D eigenvalue weighted by molar-refractivity contribution is 0.0924. The number of phenolic OH excluding ortho intramolecular Hbond substituents is 1. The van der Waals surface area contributed by atoms with Crippen LogP contribution in [0.4, 0.5) is 0 Å². The number of hydrogen-bond acceptors (Lipinski definition) is 4. The van der Waals surface area contributed by atoms with E-state index in [0.29, 0.717) is 16.1 Å². The Morgan fingerprint density at radius 3 is 1.87 bits per heavy atom. The normalized spacial score (nSPS) is 10.3. The van der Waals surface area contributed by atoms with Crippen LogP contribution in [0.3, 0.4) is 0 Å². The molecule has 0 spiro atoms. The molecule has 3 rings (SSSR count). The Balaban J connectivity index is 1.59. The lowest BCUT2D eigenvalue weighted by Crippen LogP contribution is -2.35. The molecule has 152 valence electrons. The molecule has 0 aliphatic rings. The summed E-state index contributed by atoms with van der Waals surface area (Å²) in [6, 6.07) is 18.9. The number of rotatable bonds is 7. The zero-order valence-electron chi connectivity index (χ0n) is 15.9. The number of nitrogens with one attached hydrogen (secondary N) is 2. The smallest absolute Gasteiger partial charge is 0.252 e. The molecule has 0 unspecified atom stereocenters. The summed E-state index contributed by atoms with van der Waals surface area (Å²) in [5.74, 6) is -0.932. The zero-order chi connectivity index (χ0) is 21.5. The van der Waals surface area contributed by atoms with Crippen molar-refractivity contribution in [2.75, 3.05) is 13.1 Å². The number of amides is 2. The van der Waals surface area contributed by atoms with Crippen LogP contribution in [-0.4, -0.2) is 35.8 Å². The molecule has 30 heavy (non-hydrogen) atoms. The second-order valence-electron chi connectivity index (χ2n) is 6.44. The first-order chi connectivity index (χ1) is 14.5. The summed E-state index contributed by atoms with van der Waals surface area (Å²) in [7, 11) is 0. The van der Waals surface area contributed by atoms with Gasteiger partial charge in [-0.2, -0.15) is 0 Å². The fraction of sp³-hybridized carbons (Fsp3) is 0.0870. The number of ketones is 1. The van der Waals surface area contributed by atoms with E-state index < -0.39 is 5.91 Å².